The third kappa shape index (κ3) is 5.00. The standard InChI is InChI=1S/C9H7N.CH2O3.Cu/c1-2-6-9-8(4-1)5-3-7-10-9;2-1(3)4;/h1-7H;(H2,2,3,4);/q;;+2/p-2. The van der Waals surface area contributed by atoms with Crippen LogP contribution in [-0.2, 0) is 17.1 Å². The van der Waals surface area contributed by atoms with Crippen molar-refractivity contribution >= 4 is 17.1 Å². The predicted octanol–water partition coefficient (Wildman–Crippen LogP) is -0.215. The molecule has 0 saturated carbocycles. The van der Waals surface area contributed by atoms with E-state index in [1.807, 2.05) is 30.5 Å². The number of carboxylic acid groups (broad SMARTS) is 2. The maximum absolute atomic E-state index is 8.33. The second-order valence-electron chi connectivity index (χ2n) is 2.45. The first-order valence-corrected chi connectivity index (χ1v) is 3.88. The van der Waals surface area contributed by atoms with Crippen molar-refractivity contribution in [2.75, 3.05) is 0 Å². The summed E-state index contributed by atoms with van der Waals surface area (Å²) < 4.78 is 0. The molecule has 5 heteroatoms. The summed E-state index contributed by atoms with van der Waals surface area (Å²) in [4.78, 5) is 12.5. The average molecular weight is 253 g/mol. The van der Waals surface area contributed by atoms with Crippen LogP contribution in [0.15, 0.2) is 42.6 Å². The van der Waals surface area contributed by atoms with Gasteiger partial charge in [0.1, 0.15) is 0 Å². The minimum Gasteiger partial charge on any atom is -0.652 e. The molecule has 1 aromatic heterocycles. The van der Waals surface area contributed by atoms with Gasteiger partial charge in [0.2, 0.25) is 0 Å². The second-order valence-corrected chi connectivity index (χ2v) is 2.45. The molecule has 81 valence electrons. The Bertz CT molecular complexity index is 364. The summed E-state index contributed by atoms with van der Waals surface area (Å²) in [6.07, 6.45) is -0.525. The topological polar surface area (TPSA) is 76.1 Å². The van der Waals surface area contributed by atoms with Crippen LogP contribution < -0.4 is 10.2 Å². The Balaban J connectivity index is 0.000000346. The van der Waals surface area contributed by atoms with Crippen LogP contribution in [0.5, 0.6) is 0 Å². The first-order valence-electron chi connectivity index (χ1n) is 3.88. The zero-order valence-electron chi connectivity index (χ0n) is 7.51. The summed E-state index contributed by atoms with van der Waals surface area (Å²) >= 11 is 0. The first kappa shape index (κ1) is 13.4. The van der Waals surface area contributed by atoms with Gasteiger partial charge in [0, 0.05) is 11.6 Å². The minimum absolute atomic E-state index is 0. The number of carbonyl (C=O) groups is 1. The molecule has 4 nitrogen and oxygen atoms in total. The minimum atomic E-state index is -2.33. The molecule has 0 unspecified atom stereocenters. The largest absolute Gasteiger partial charge is 2.00 e. The summed E-state index contributed by atoms with van der Waals surface area (Å²) in [6.45, 7) is 0. The number of hydrogen-bond donors (Lipinski definition) is 0. The van der Waals surface area contributed by atoms with Crippen LogP contribution >= 0.6 is 0 Å². The van der Waals surface area contributed by atoms with Gasteiger partial charge in [-0.1, -0.05) is 24.3 Å². The Morgan fingerprint density at radius 1 is 1.07 bits per heavy atom. The molecular formula is C10H7CuNO3. The van der Waals surface area contributed by atoms with Gasteiger partial charge >= 0.3 is 17.1 Å². The van der Waals surface area contributed by atoms with E-state index in [-0.39, 0.29) is 17.1 Å². The zero-order chi connectivity index (χ0) is 10.4. The van der Waals surface area contributed by atoms with Gasteiger partial charge < -0.3 is 15.0 Å². The number of para-hydroxylation sites is 1. The summed E-state index contributed by atoms with van der Waals surface area (Å²) in [5.74, 6) is 0. The van der Waals surface area contributed by atoms with Crippen molar-refractivity contribution in [3.05, 3.63) is 42.6 Å². The number of rotatable bonds is 0. The maximum atomic E-state index is 8.33. The number of nitrogens with zero attached hydrogens (tertiary/aromatic N) is 1. The van der Waals surface area contributed by atoms with Gasteiger partial charge in [0.25, 0.3) is 0 Å². The number of fused-ring (bicyclic) bond motifs is 1. The maximum Gasteiger partial charge on any atom is 2.00 e. The molecule has 15 heavy (non-hydrogen) atoms. The third-order valence-electron chi connectivity index (χ3n) is 1.51. The fourth-order valence-electron chi connectivity index (χ4n) is 1.02. The van der Waals surface area contributed by atoms with Crippen molar-refractivity contribution in [1.29, 1.82) is 0 Å². The molecule has 1 aromatic carbocycles. The zero-order valence-corrected chi connectivity index (χ0v) is 8.46. The molecule has 0 bridgehead atoms. The quantitative estimate of drug-likeness (QED) is 0.608. The van der Waals surface area contributed by atoms with Crippen molar-refractivity contribution in [2.24, 2.45) is 0 Å². The summed E-state index contributed by atoms with van der Waals surface area (Å²) in [7, 11) is 0. The van der Waals surface area contributed by atoms with Crippen molar-refractivity contribution in [2.45, 2.75) is 0 Å². The Hall–Kier alpha value is -1.58. The molecule has 0 spiro atoms. The van der Waals surface area contributed by atoms with E-state index in [0.29, 0.717) is 0 Å². The Morgan fingerprint density at radius 3 is 2.20 bits per heavy atom. The van der Waals surface area contributed by atoms with Gasteiger partial charge in [0.05, 0.1) is 5.52 Å². The Kier molecular flexibility index (Phi) is 6.09. The Morgan fingerprint density at radius 2 is 1.60 bits per heavy atom. The van der Waals surface area contributed by atoms with Crippen molar-refractivity contribution in [1.82, 2.24) is 4.98 Å². The SMILES string of the molecule is O=C([O-])[O-].[Cu+2].c1ccc2ncccc2c1. The number of carbonyl (C=O) groups excluding carboxylic acids is 1. The van der Waals surface area contributed by atoms with Crippen LogP contribution in [0.3, 0.4) is 0 Å². The van der Waals surface area contributed by atoms with E-state index in [1.165, 1.54) is 5.39 Å². The number of hydrogen-bond acceptors (Lipinski definition) is 4. The van der Waals surface area contributed by atoms with E-state index in [1.54, 1.807) is 0 Å². The summed E-state index contributed by atoms with van der Waals surface area (Å²) in [5, 5.41) is 17.9. The van der Waals surface area contributed by atoms with Crippen LogP contribution in [0.1, 0.15) is 0 Å². The van der Waals surface area contributed by atoms with E-state index >= 15 is 0 Å². The molecule has 0 saturated heterocycles. The fourth-order valence-corrected chi connectivity index (χ4v) is 1.02. The van der Waals surface area contributed by atoms with Crippen LogP contribution in [0.4, 0.5) is 4.79 Å². The van der Waals surface area contributed by atoms with Crippen LogP contribution in [-0.4, -0.2) is 11.1 Å². The number of pyridine rings is 1. The molecule has 0 atom stereocenters. The van der Waals surface area contributed by atoms with E-state index in [4.69, 9.17) is 15.0 Å². The molecular weight excluding hydrogens is 246 g/mol. The molecule has 0 aliphatic heterocycles. The van der Waals surface area contributed by atoms with Crippen LogP contribution in [0.25, 0.3) is 10.9 Å². The van der Waals surface area contributed by atoms with E-state index in [9.17, 15) is 0 Å². The fraction of sp³-hybridized carbons (Fsp3) is 0. The van der Waals surface area contributed by atoms with Gasteiger partial charge in [-0.25, -0.2) is 0 Å². The van der Waals surface area contributed by atoms with Crippen molar-refractivity contribution in [3.8, 4) is 0 Å². The second kappa shape index (κ2) is 6.81. The summed E-state index contributed by atoms with van der Waals surface area (Å²) in [5.41, 5.74) is 1.06. The van der Waals surface area contributed by atoms with Gasteiger partial charge in [-0.05, 0) is 18.3 Å². The van der Waals surface area contributed by atoms with Crippen LogP contribution in [0.2, 0.25) is 0 Å². The molecule has 0 fully saturated rings. The van der Waals surface area contributed by atoms with Crippen molar-refractivity contribution < 1.29 is 32.1 Å². The molecule has 2 aromatic rings. The van der Waals surface area contributed by atoms with Crippen LogP contribution in [0, 0.1) is 0 Å². The van der Waals surface area contributed by atoms with Gasteiger partial charge in [-0.2, -0.15) is 0 Å². The first-order chi connectivity index (χ1) is 6.70. The molecule has 0 amide bonds. The third-order valence-corrected chi connectivity index (χ3v) is 1.51. The van der Waals surface area contributed by atoms with Gasteiger partial charge in [-0.3, -0.25) is 4.98 Å². The van der Waals surface area contributed by atoms with Crippen molar-refractivity contribution in [3.63, 3.8) is 0 Å². The molecule has 1 radical (unpaired) electrons. The number of aromatic nitrogens is 1. The number of benzene rings is 1. The van der Waals surface area contributed by atoms with E-state index < -0.39 is 6.16 Å². The average Bonchev–Trinajstić information content (AvgIpc) is 2.17. The normalized spacial score (nSPS) is 8.27. The smallest absolute Gasteiger partial charge is 0.652 e. The molecule has 2 rings (SSSR count). The molecule has 0 aliphatic carbocycles. The van der Waals surface area contributed by atoms with E-state index in [0.717, 1.165) is 5.52 Å². The van der Waals surface area contributed by atoms with E-state index in [2.05, 4.69) is 17.1 Å². The summed E-state index contributed by atoms with van der Waals surface area (Å²) in [6, 6.07) is 12.1. The monoisotopic (exact) mass is 252 g/mol. The van der Waals surface area contributed by atoms with Gasteiger partial charge in [-0.15, -0.1) is 0 Å². The van der Waals surface area contributed by atoms with Gasteiger partial charge in [0.15, 0.2) is 0 Å². The molecule has 1 heterocycles. The predicted molar refractivity (Wildman–Crippen MR) is 47.1 cm³/mol. The Labute approximate surface area is 97.0 Å². The molecule has 0 N–H and O–H groups in total. The molecule has 0 aliphatic rings.